The molecular formula is C17H29NO3. The van der Waals surface area contributed by atoms with E-state index < -0.39 is 5.97 Å². The molecule has 0 atom stereocenters. The molecule has 0 radical (unpaired) electrons. The van der Waals surface area contributed by atoms with Gasteiger partial charge in [0.1, 0.15) is 0 Å². The van der Waals surface area contributed by atoms with Crippen LogP contribution in [0.4, 0.5) is 0 Å². The first-order valence-corrected chi connectivity index (χ1v) is 8.38. The molecule has 2 fully saturated rings. The predicted octanol–water partition coefficient (Wildman–Crippen LogP) is 3.21. The van der Waals surface area contributed by atoms with Crippen LogP contribution in [0.3, 0.4) is 0 Å². The van der Waals surface area contributed by atoms with Gasteiger partial charge in [0.25, 0.3) is 0 Å². The average Bonchev–Trinajstić information content (AvgIpc) is 2.46. The van der Waals surface area contributed by atoms with E-state index in [0.717, 1.165) is 19.4 Å². The lowest BCUT2D eigenvalue weighted by atomic mass is 9.73. The number of nitrogens with one attached hydrogen (secondary N) is 1. The van der Waals surface area contributed by atoms with Gasteiger partial charge in [0, 0.05) is 12.5 Å². The van der Waals surface area contributed by atoms with Crippen LogP contribution in [-0.4, -0.2) is 23.5 Å². The fraction of sp³-hybridized carbons (Fsp3) is 0.882. The summed E-state index contributed by atoms with van der Waals surface area (Å²) in [5.41, 5.74) is 0.468. The van der Waals surface area contributed by atoms with Crippen molar-refractivity contribution in [2.75, 3.05) is 6.54 Å². The van der Waals surface area contributed by atoms with Crippen molar-refractivity contribution < 1.29 is 14.7 Å². The van der Waals surface area contributed by atoms with Gasteiger partial charge < -0.3 is 10.4 Å². The van der Waals surface area contributed by atoms with Crippen LogP contribution in [-0.2, 0) is 9.59 Å². The second-order valence-corrected chi connectivity index (χ2v) is 7.74. The molecule has 2 N–H and O–H groups in total. The summed E-state index contributed by atoms with van der Waals surface area (Å²) >= 11 is 0. The summed E-state index contributed by atoms with van der Waals surface area (Å²) in [5, 5.41) is 12.1. The van der Waals surface area contributed by atoms with Crippen molar-refractivity contribution >= 4 is 11.9 Å². The highest BCUT2D eigenvalue weighted by Gasteiger charge is 2.31. The quantitative estimate of drug-likeness (QED) is 0.837. The van der Waals surface area contributed by atoms with Gasteiger partial charge in [0.15, 0.2) is 0 Å². The lowest BCUT2D eigenvalue weighted by Gasteiger charge is -2.34. The number of carboxylic acid groups (broad SMARTS) is 1. The molecule has 2 aliphatic rings. The van der Waals surface area contributed by atoms with Crippen LogP contribution in [0.2, 0.25) is 0 Å². The van der Waals surface area contributed by atoms with E-state index in [2.05, 4.69) is 19.2 Å². The summed E-state index contributed by atoms with van der Waals surface area (Å²) in [7, 11) is 0. The maximum atomic E-state index is 12.2. The molecule has 0 aromatic rings. The number of hydrogen-bond acceptors (Lipinski definition) is 2. The van der Waals surface area contributed by atoms with Gasteiger partial charge in [-0.05, 0) is 62.7 Å². The predicted molar refractivity (Wildman–Crippen MR) is 81.8 cm³/mol. The van der Waals surface area contributed by atoms with E-state index in [1.54, 1.807) is 0 Å². The second kappa shape index (κ2) is 6.80. The normalized spacial score (nSPS) is 29.8. The van der Waals surface area contributed by atoms with Gasteiger partial charge in [-0.2, -0.15) is 0 Å². The zero-order valence-electron chi connectivity index (χ0n) is 13.4. The fourth-order valence-corrected chi connectivity index (χ4v) is 3.66. The first kappa shape index (κ1) is 16.3. The highest BCUT2D eigenvalue weighted by molar-refractivity contribution is 5.79. The van der Waals surface area contributed by atoms with Crippen LogP contribution in [0.25, 0.3) is 0 Å². The summed E-state index contributed by atoms with van der Waals surface area (Å²) in [6.45, 7) is 5.44. The zero-order chi connectivity index (χ0) is 15.5. The molecule has 0 saturated heterocycles. The standard InChI is InChI=1S/C17H29NO3/c1-17(2)9-7-12(8-10-17)11-18-15(19)13-3-5-14(6-4-13)16(20)21/h12-14H,3-11H2,1-2H3,(H,18,19)(H,20,21). The fourth-order valence-electron chi connectivity index (χ4n) is 3.66. The Bertz CT molecular complexity index is 373. The van der Waals surface area contributed by atoms with Crippen LogP contribution < -0.4 is 5.32 Å². The third kappa shape index (κ3) is 4.72. The SMILES string of the molecule is CC1(C)CCC(CNC(=O)C2CCC(C(=O)O)CC2)CC1. The Morgan fingerprint density at radius 1 is 1.00 bits per heavy atom. The summed E-state index contributed by atoms with van der Waals surface area (Å²) < 4.78 is 0. The molecule has 0 bridgehead atoms. The maximum absolute atomic E-state index is 12.2. The highest BCUT2D eigenvalue weighted by atomic mass is 16.4. The van der Waals surface area contributed by atoms with Crippen molar-refractivity contribution in [2.45, 2.75) is 65.2 Å². The van der Waals surface area contributed by atoms with Gasteiger partial charge in [0.2, 0.25) is 5.91 Å². The van der Waals surface area contributed by atoms with Crippen LogP contribution in [0.5, 0.6) is 0 Å². The Hall–Kier alpha value is -1.06. The summed E-state index contributed by atoms with van der Waals surface area (Å²) in [6, 6.07) is 0. The van der Waals surface area contributed by atoms with Gasteiger partial charge >= 0.3 is 5.97 Å². The summed E-state index contributed by atoms with van der Waals surface area (Å²) in [4.78, 5) is 23.1. The average molecular weight is 295 g/mol. The van der Waals surface area contributed by atoms with Crippen LogP contribution >= 0.6 is 0 Å². The van der Waals surface area contributed by atoms with Crippen molar-refractivity contribution in [1.29, 1.82) is 0 Å². The molecule has 2 aliphatic carbocycles. The van der Waals surface area contributed by atoms with E-state index >= 15 is 0 Å². The van der Waals surface area contributed by atoms with E-state index in [1.807, 2.05) is 0 Å². The molecule has 0 spiro atoms. The molecule has 120 valence electrons. The topological polar surface area (TPSA) is 66.4 Å². The highest BCUT2D eigenvalue weighted by Crippen LogP contribution is 2.37. The Balaban J connectivity index is 1.68. The number of amides is 1. The number of carbonyl (C=O) groups excluding carboxylic acids is 1. The molecule has 0 aliphatic heterocycles. The number of carbonyl (C=O) groups is 2. The van der Waals surface area contributed by atoms with Gasteiger partial charge in [0.05, 0.1) is 5.92 Å². The van der Waals surface area contributed by atoms with E-state index in [9.17, 15) is 9.59 Å². The molecule has 4 nitrogen and oxygen atoms in total. The van der Waals surface area contributed by atoms with Crippen LogP contribution in [0.15, 0.2) is 0 Å². The van der Waals surface area contributed by atoms with E-state index in [0.29, 0.717) is 24.2 Å². The third-order valence-corrected chi connectivity index (χ3v) is 5.47. The Morgan fingerprint density at radius 3 is 2.05 bits per heavy atom. The van der Waals surface area contributed by atoms with Crippen LogP contribution in [0, 0.1) is 23.2 Å². The number of aliphatic carboxylic acids is 1. The lowest BCUT2D eigenvalue weighted by molar-refractivity contribution is -0.144. The lowest BCUT2D eigenvalue weighted by Crippen LogP contribution is -2.38. The van der Waals surface area contributed by atoms with Crippen LogP contribution in [0.1, 0.15) is 65.2 Å². The minimum atomic E-state index is -0.710. The maximum Gasteiger partial charge on any atom is 0.306 e. The monoisotopic (exact) mass is 295 g/mol. The smallest absolute Gasteiger partial charge is 0.306 e. The van der Waals surface area contributed by atoms with Crippen molar-refractivity contribution in [2.24, 2.45) is 23.2 Å². The minimum Gasteiger partial charge on any atom is -0.481 e. The summed E-state index contributed by atoms with van der Waals surface area (Å²) in [5.74, 6) is -0.157. The molecule has 4 heteroatoms. The van der Waals surface area contributed by atoms with Gasteiger partial charge in [-0.25, -0.2) is 0 Å². The van der Waals surface area contributed by atoms with Gasteiger partial charge in [-0.15, -0.1) is 0 Å². The molecule has 2 saturated carbocycles. The number of carboxylic acids is 1. The number of rotatable bonds is 4. The first-order valence-electron chi connectivity index (χ1n) is 8.38. The molecule has 0 aromatic carbocycles. The summed E-state index contributed by atoms with van der Waals surface area (Å²) in [6.07, 6.45) is 7.64. The molecule has 21 heavy (non-hydrogen) atoms. The number of hydrogen-bond donors (Lipinski definition) is 2. The van der Waals surface area contributed by atoms with Crippen molar-refractivity contribution in [3.05, 3.63) is 0 Å². The van der Waals surface area contributed by atoms with Crippen molar-refractivity contribution in [3.63, 3.8) is 0 Å². The molecule has 0 unspecified atom stereocenters. The Labute approximate surface area is 127 Å². The molecular weight excluding hydrogens is 266 g/mol. The van der Waals surface area contributed by atoms with E-state index in [1.165, 1.54) is 25.7 Å². The van der Waals surface area contributed by atoms with Crippen molar-refractivity contribution in [1.82, 2.24) is 5.32 Å². The molecule has 0 heterocycles. The van der Waals surface area contributed by atoms with E-state index in [-0.39, 0.29) is 17.7 Å². The zero-order valence-corrected chi connectivity index (χ0v) is 13.4. The van der Waals surface area contributed by atoms with Gasteiger partial charge in [-0.3, -0.25) is 9.59 Å². The molecule has 1 amide bonds. The first-order chi connectivity index (χ1) is 9.87. The Morgan fingerprint density at radius 2 is 1.52 bits per heavy atom. The Kier molecular flexibility index (Phi) is 5.28. The van der Waals surface area contributed by atoms with Gasteiger partial charge in [-0.1, -0.05) is 13.8 Å². The van der Waals surface area contributed by atoms with Crippen molar-refractivity contribution in [3.8, 4) is 0 Å². The largest absolute Gasteiger partial charge is 0.481 e. The molecule has 2 rings (SSSR count). The minimum absolute atomic E-state index is 0.0284. The third-order valence-electron chi connectivity index (χ3n) is 5.47. The second-order valence-electron chi connectivity index (χ2n) is 7.74. The van der Waals surface area contributed by atoms with E-state index in [4.69, 9.17) is 5.11 Å². The molecule has 0 aromatic heterocycles.